The number of piperidine rings is 1. The Morgan fingerprint density at radius 1 is 1.10 bits per heavy atom. The van der Waals surface area contributed by atoms with Crippen molar-refractivity contribution >= 4 is 11.9 Å². The summed E-state index contributed by atoms with van der Waals surface area (Å²) < 4.78 is 35.1. The van der Waals surface area contributed by atoms with Crippen molar-refractivity contribution in [1.29, 1.82) is 0 Å². The van der Waals surface area contributed by atoms with Gasteiger partial charge in [-0.2, -0.15) is 0 Å². The van der Waals surface area contributed by atoms with Gasteiger partial charge < -0.3 is 30.1 Å². The van der Waals surface area contributed by atoms with Gasteiger partial charge in [-0.1, -0.05) is 6.92 Å². The van der Waals surface area contributed by atoms with Gasteiger partial charge in [-0.3, -0.25) is 4.79 Å². The summed E-state index contributed by atoms with van der Waals surface area (Å²) in [5.74, 6) is -0.333. The monoisotopic (exact) mass is 575 g/mol. The van der Waals surface area contributed by atoms with Gasteiger partial charge in [-0.15, -0.1) is 0 Å². The maximum absolute atomic E-state index is 14.7. The summed E-state index contributed by atoms with van der Waals surface area (Å²) in [7, 11) is 0. The Labute approximate surface area is 240 Å². The fraction of sp³-hybridized carbons (Fsp3) is 0.633. The van der Waals surface area contributed by atoms with Crippen LogP contribution in [0.25, 0.3) is 0 Å². The molecule has 2 aliphatic rings. The first-order valence-corrected chi connectivity index (χ1v) is 14.8. The van der Waals surface area contributed by atoms with Gasteiger partial charge in [0, 0.05) is 94.4 Å². The third kappa shape index (κ3) is 8.80. The van der Waals surface area contributed by atoms with Crippen LogP contribution in [0, 0.1) is 29.4 Å². The van der Waals surface area contributed by atoms with E-state index in [2.05, 4.69) is 27.1 Å². The average molecular weight is 576 g/mol. The lowest BCUT2D eigenvalue weighted by atomic mass is 9.92. The molecule has 3 N–H and O–H groups in total. The van der Waals surface area contributed by atoms with E-state index in [0.717, 1.165) is 68.8 Å². The Balaban J connectivity index is 1.13. The number of hydrogen-bond donors (Lipinski definition) is 3. The molecule has 3 heterocycles. The summed E-state index contributed by atoms with van der Waals surface area (Å²) in [5, 5.41) is 21.4. The van der Waals surface area contributed by atoms with Crippen molar-refractivity contribution in [3.8, 4) is 5.75 Å². The predicted octanol–water partition coefficient (Wildman–Crippen LogP) is 2.58. The molecule has 2 fully saturated rings. The van der Waals surface area contributed by atoms with Crippen LogP contribution in [0.15, 0.2) is 24.5 Å². The lowest BCUT2D eigenvalue weighted by molar-refractivity contribution is -0.136. The molecule has 1 amide bonds. The SMILES string of the molecule is CCc1cnc(N2CCC(CCCOc3cc(F)c(CC(=O)N4CC(CNCC(CO)CO)C4)c(F)c3)CC2)nc1. The average Bonchev–Trinajstić information content (AvgIpc) is 2.96. The number of likely N-dealkylation sites (tertiary alicyclic amines) is 1. The molecule has 0 saturated carbocycles. The van der Waals surface area contributed by atoms with Gasteiger partial charge in [0.15, 0.2) is 0 Å². The second-order valence-electron chi connectivity index (χ2n) is 11.3. The summed E-state index contributed by atoms with van der Waals surface area (Å²) in [6.07, 6.45) is 8.24. The van der Waals surface area contributed by atoms with Crippen LogP contribution in [0.5, 0.6) is 5.75 Å². The number of carbonyl (C=O) groups is 1. The fourth-order valence-electron chi connectivity index (χ4n) is 5.35. The predicted molar refractivity (Wildman–Crippen MR) is 152 cm³/mol. The molecule has 0 spiro atoms. The number of nitrogens with zero attached hydrogens (tertiary/aromatic N) is 4. The number of ether oxygens (including phenoxy) is 1. The molecule has 2 saturated heterocycles. The van der Waals surface area contributed by atoms with Gasteiger partial charge in [0.2, 0.25) is 11.9 Å². The van der Waals surface area contributed by atoms with Crippen LogP contribution >= 0.6 is 0 Å². The highest BCUT2D eigenvalue weighted by atomic mass is 19.1. The summed E-state index contributed by atoms with van der Waals surface area (Å²) in [6.45, 7) is 6.27. The Bertz CT molecular complexity index is 1080. The van der Waals surface area contributed by atoms with Gasteiger partial charge in [0.05, 0.1) is 13.0 Å². The minimum absolute atomic E-state index is 0.0922. The van der Waals surface area contributed by atoms with Crippen LogP contribution in [-0.2, 0) is 17.6 Å². The topological polar surface area (TPSA) is 111 Å². The van der Waals surface area contributed by atoms with Crippen LogP contribution in [0.4, 0.5) is 14.7 Å². The molecule has 41 heavy (non-hydrogen) atoms. The molecular formula is C30H43F2N5O4. The van der Waals surface area contributed by atoms with E-state index >= 15 is 0 Å². The minimum Gasteiger partial charge on any atom is -0.493 e. The van der Waals surface area contributed by atoms with E-state index in [4.69, 9.17) is 14.9 Å². The third-order valence-corrected chi connectivity index (χ3v) is 8.16. The number of aliphatic hydroxyl groups excluding tert-OH is 2. The number of nitrogens with one attached hydrogen (secondary N) is 1. The van der Waals surface area contributed by atoms with Crippen LogP contribution in [0.2, 0.25) is 0 Å². The molecule has 4 rings (SSSR count). The van der Waals surface area contributed by atoms with E-state index in [1.807, 2.05) is 12.4 Å². The summed E-state index contributed by atoms with van der Waals surface area (Å²) in [5.41, 5.74) is 0.892. The van der Waals surface area contributed by atoms with Crippen LogP contribution in [0.3, 0.4) is 0 Å². The molecule has 0 atom stereocenters. The molecule has 11 heteroatoms. The third-order valence-electron chi connectivity index (χ3n) is 8.16. The second kappa shape index (κ2) is 15.4. The molecule has 0 bridgehead atoms. The van der Waals surface area contributed by atoms with Gasteiger partial charge in [0.1, 0.15) is 17.4 Å². The molecule has 9 nitrogen and oxygen atoms in total. The zero-order valence-electron chi connectivity index (χ0n) is 23.9. The fourth-order valence-corrected chi connectivity index (χ4v) is 5.35. The molecule has 0 radical (unpaired) electrons. The van der Waals surface area contributed by atoms with Crippen molar-refractivity contribution in [2.45, 2.75) is 45.4 Å². The van der Waals surface area contributed by atoms with Gasteiger partial charge in [-0.25, -0.2) is 18.7 Å². The Morgan fingerprint density at radius 3 is 2.37 bits per heavy atom. The first-order valence-electron chi connectivity index (χ1n) is 14.8. The molecule has 2 aliphatic heterocycles. The second-order valence-corrected chi connectivity index (χ2v) is 11.3. The molecule has 0 unspecified atom stereocenters. The van der Waals surface area contributed by atoms with Crippen molar-refractivity contribution in [2.75, 3.05) is 64.0 Å². The lowest BCUT2D eigenvalue weighted by Gasteiger charge is -2.39. The number of amides is 1. The summed E-state index contributed by atoms with van der Waals surface area (Å²) >= 11 is 0. The molecule has 1 aromatic heterocycles. The van der Waals surface area contributed by atoms with Crippen molar-refractivity contribution in [3.05, 3.63) is 47.3 Å². The number of aryl methyl sites for hydroxylation is 1. The number of halogens is 2. The maximum Gasteiger partial charge on any atom is 0.227 e. The van der Waals surface area contributed by atoms with E-state index in [1.165, 1.54) is 0 Å². The maximum atomic E-state index is 14.7. The highest BCUT2D eigenvalue weighted by molar-refractivity contribution is 5.79. The normalized spacial score (nSPS) is 16.3. The van der Waals surface area contributed by atoms with E-state index in [-0.39, 0.29) is 48.7 Å². The number of anilines is 1. The van der Waals surface area contributed by atoms with E-state index < -0.39 is 11.6 Å². The number of aromatic nitrogens is 2. The smallest absolute Gasteiger partial charge is 0.227 e. The van der Waals surface area contributed by atoms with Crippen molar-refractivity contribution in [1.82, 2.24) is 20.2 Å². The molecule has 226 valence electrons. The highest BCUT2D eigenvalue weighted by Crippen LogP contribution is 2.26. The van der Waals surface area contributed by atoms with E-state index in [1.54, 1.807) is 4.90 Å². The van der Waals surface area contributed by atoms with Crippen LogP contribution < -0.4 is 15.0 Å². The Morgan fingerprint density at radius 2 is 1.76 bits per heavy atom. The highest BCUT2D eigenvalue weighted by Gasteiger charge is 2.31. The Hall–Kier alpha value is -2.89. The largest absolute Gasteiger partial charge is 0.493 e. The first kappa shape index (κ1) is 31.1. The zero-order chi connectivity index (χ0) is 29.2. The van der Waals surface area contributed by atoms with Crippen molar-refractivity contribution in [2.24, 2.45) is 17.8 Å². The number of benzene rings is 1. The van der Waals surface area contributed by atoms with Crippen molar-refractivity contribution < 1.29 is 28.5 Å². The van der Waals surface area contributed by atoms with Crippen molar-refractivity contribution in [3.63, 3.8) is 0 Å². The minimum atomic E-state index is -0.771. The Kier molecular flexibility index (Phi) is 11.6. The molecular weight excluding hydrogens is 532 g/mol. The number of aliphatic hydroxyl groups is 2. The summed E-state index contributed by atoms with van der Waals surface area (Å²) in [6, 6.07) is 2.32. The van der Waals surface area contributed by atoms with Crippen LogP contribution in [-0.4, -0.2) is 90.1 Å². The quantitative estimate of drug-likeness (QED) is 0.278. The zero-order valence-corrected chi connectivity index (χ0v) is 23.9. The van der Waals surface area contributed by atoms with Gasteiger partial charge in [-0.05, 0) is 43.6 Å². The summed E-state index contributed by atoms with van der Waals surface area (Å²) in [4.78, 5) is 25.3. The molecule has 1 aromatic carbocycles. The van der Waals surface area contributed by atoms with E-state index in [0.29, 0.717) is 38.7 Å². The molecule has 2 aromatic rings. The van der Waals surface area contributed by atoms with E-state index in [9.17, 15) is 13.6 Å². The van der Waals surface area contributed by atoms with Gasteiger partial charge in [0.25, 0.3) is 0 Å². The number of rotatable bonds is 15. The number of carbonyl (C=O) groups excluding carboxylic acids is 1. The van der Waals surface area contributed by atoms with Crippen LogP contribution in [0.1, 0.15) is 43.7 Å². The standard InChI is InChI=1S/C30H43F2N5O4/c1-2-21-15-34-30(35-16-21)36-7-5-22(6-8-36)4-3-9-41-25-10-27(31)26(28(32)11-25)12-29(40)37-17-23(18-37)13-33-14-24(19-38)20-39/h10-11,15-16,22-24,33,38-39H,2-9,12-14,17-20H2,1H3. The lowest BCUT2D eigenvalue weighted by Crippen LogP contribution is -2.54. The number of hydrogen-bond acceptors (Lipinski definition) is 8. The van der Waals surface area contributed by atoms with Gasteiger partial charge >= 0.3 is 0 Å². The first-order chi connectivity index (χ1) is 19.9. The molecule has 0 aliphatic carbocycles.